The van der Waals surface area contributed by atoms with Crippen molar-refractivity contribution in [2.45, 2.75) is 65.9 Å². The van der Waals surface area contributed by atoms with Gasteiger partial charge in [0, 0.05) is 6.54 Å². The lowest BCUT2D eigenvalue weighted by molar-refractivity contribution is -0.149. The van der Waals surface area contributed by atoms with Crippen LogP contribution in [0.4, 0.5) is 4.79 Å². The molecule has 0 saturated carbocycles. The van der Waals surface area contributed by atoms with Crippen LogP contribution in [0.15, 0.2) is 0 Å². The number of ether oxygens (including phenoxy) is 1. The molecule has 2 N–H and O–H groups in total. The second-order valence-corrected chi connectivity index (χ2v) is 5.90. The highest BCUT2D eigenvalue weighted by molar-refractivity contribution is 5.76. The fraction of sp³-hybridized carbons (Fsp3) is 0.857. The molecule has 1 atom stereocenters. The number of nitrogens with one attached hydrogen (secondary N) is 1. The predicted octanol–water partition coefficient (Wildman–Crippen LogP) is 3.18. The van der Waals surface area contributed by atoms with Gasteiger partial charge in [-0.3, -0.25) is 4.79 Å². The summed E-state index contributed by atoms with van der Waals surface area (Å²) in [6, 6.07) is 0. The van der Waals surface area contributed by atoms with Crippen LogP contribution >= 0.6 is 0 Å². The molecule has 0 saturated heterocycles. The molecule has 0 aromatic heterocycles. The highest BCUT2D eigenvalue weighted by Gasteiger charge is 2.36. The molecule has 0 heterocycles. The lowest BCUT2D eigenvalue weighted by Crippen LogP contribution is -2.44. The molecule has 5 nitrogen and oxygen atoms in total. The Balaban J connectivity index is 4.57. The van der Waals surface area contributed by atoms with E-state index in [1.54, 1.807) is 20.8 Å². The van der Waals surface area contributed by atoms with Crippen molar-refractivity contribution in [2.24, 2.45) is 5.41 Å². The van der Waals surface area contributed by atoms with E-state index in [9.17, 15) is 14.7 Å². The van der Waals surface area contributed by atoms with Crippen LogP contribution in [0.5, 0.6) is 0 Å². The van der Waals surface area contributed by atoms with Crippen LogP contribution in [0.1, 0.15) is 60.3 Å². The fourth-order valence-electron chi connectivity index (χ4n) is 1.79. The van der Waals surface area contributed by atoms with E-state index >= 15 is 0 Å². The normalized spacial score (nSPS) is 14.6. The molecule has 0 radical (unpaired) electrons. The number of unbranched alkanes of at least 4 members (excludes halogenated alkanes) is 1. The Hall–Kier alpha value is -1.26. The first-order valence-electron chi connectivity index (χ1n) is 6.87. The topological polar surface area (TPSA) is 75.6 Å². The average molecular weight is 273 g/mol. The van der Waals surface area contributed by atoms with Gasteiger partial charge in [-0.1, -0.05) is 26.7 Å². The Bertz CT molecular complexity index is 309. The zero-order chi connectivity index (χ0) is 15.1. The summed E-state index contributed by atoms with van der Waals surface area (Å²) in [5.41, 5.74) is -1.47. The third kappa shape index (κ3) is 6.45. The first kappa shape index (κ1) is 17.7. The van der Waals surface area contributed by atoms with E-state index in [0.29, 0.717) is 12.8 Å². The van der Waals surface area contributed by atoms with Crippen molar-refractivity contribution in [3.63, 3.8) is 0 Å². The SMILES string of the molecule is CCCCC(CC)(CNC(=O)OC(C)(C)C)C(=O)O. The van der Waals surface area contributed by atoms with Crippen LogP contribution < -0.4 is 5.32 Å². The summed E-state index contributed by atoms with van der Waals surface area (Å²) < 4.78 is 5.12. The summed E-state index contributed by atoms with van der Waals surface area (Å²) in [6.45, 7) is 9.27. The summed E-state index contributed by atoms with van der Waals surface area (Å²) in [5, 5.41) is 12.0. The Morgan fingerprint density at radius 3 is 2.16 bits per heavy atom. The number of rotatable bonds is 7. The number of carboxylic acid groups (broad SMARTS) is 1. The monoisotopic (exact) mass is 273 g/mol. The Kier molecular flexibility index (Phi) is 6.87. The molecule has 0 aliphatic heterocycles. The summed E-state index contributed by atoms with van der Waals surface area (Å²) >= 11 is 0. The predicted molar refractivity (Wildman–Crippen MR) is 74.1 cm³/mol. The van der Waals surface area contributed by atoms with Crippen molar-refractivity contribution >= 4 is 12.1 Å². The van der Waals surface area contributed by atoms with Gasteiger partial charge in [-0.05, 0) is 33.6 Å². The second-order valence-electron chi connectivity index (χ2n) is 5.90. The van der Waals surface area contributed by atoms with Crippen molar-refractivity contribution in [3.05, 3.63) is 0 Å². The number of carboxylic acids is 1. The molecule has 5 heteroatoms. The van der Waals surface area contributed by atoms with E-state index < -0.39 is 23.1 Å². The minimum Gasteiger partial charge on any atom is -0.481 e. The van der Waals surface area contributed by atoms with Gasteiger partial charge in [0.2, 0.25) is 0 Å². The number of aliphatic carboxylic acids is 1. The molecule has 1 unspecified atom stereocenters. The molecule has 1 amide bonds. The Morgan fingerprint density at radius 1 is 1.21 bits per heavy atom. The maximum Gasteiger partial charge on any atom is 0.407 e. The smallest absolute Gasteiger partial charge is 0.407 e. The highest BCUT2D eigenvalue weighted by atomic mass is 16.6. The number of hydrogen-bond donors (Lipinski definition) is 2. The molecule has 19 heavy (non-hydrogen) atoms. The van der Waals surface area contributed by atoms with Gasteiger partial charge in [0.25, 0.3) is 0 Å². The third-order valence-corrected chi connectivity index (χ3v) is 3.11. The summed E-state index contributed by atoms with van der Waals surface area (Å²) in [6.07, 6.45) is 2.24. The third-order valence-electron chi connectivity index (χ3n) is 3.11. The first-order valence-corrected chi connectivity index (χ1v) is 6.87. The number of carbonyl (C=O) groups is 2. The molecule has 0 rings (SSSR count). The van der Waals surface area contributed by atoms with E-state index in [1.807, 2.05) is 13.8 Å². The van der Waals surface area contributed by atoms with E-state index in [1.165, 1.54) is 0 Å². The molecule has 0 aromatic carbocycles. The lowest BCUT2D eigenvalue weighted by Gasteiger charge is -2.29. The van der Waals surface area contributed by atoms with E-state index in [4.69, 9.17) is 4.74 Å². The molecule has 0 aliphatic carbocycles. The van der Waals surface area contributed by atoms with E-state index in [0.717, 1.165) is 12.8 Å². The van der Waals surface area contributed by atoms with Gasteiger partial charge < -0.3 is 15.2 Å². The maximum atomic E-state index is 11.6. The minimum atomic E-state index is -0.896. The van der Waals surface area contributed by atoms with Crippen molar-refractivity contribution in [1.29, 1.82) is 0 Å². The van der Waals surface area contributed by atoms with Crippen LogP contribution in [-0.4, -0.2) is 29.3 Å². The zero-order valence-corrected chi connectivity index (χ0v) is 12.7. The molecule has 0 fully saturated rings. The average Bonchev–Trinajstić information content (AvgIpc) is 2.27. The maximum absolute atomic E-state index is 11.6. The van der Waals surface area contributed by atoms with Crippen LogP contribution in [0.2, 0.25) is 0 Å². The number of carbonyl (C=O) groups excluding carboxylic acids is 1. The summed E-state index contributed by atoms with van der Waals surface area (Å²) in [4.78, 5) is 23.1. The number of alkyl carbamates (subject to hydrolysis) is 1. The molecule has 0 aliphatic rings. The molecular formula is C14H27NO4. The van der Waals surface area contributed by atoms with Crippen LogP contribution in [-0.2, 0) is 9.53 Å². The van der Waals surface area contributed by atoms with Gasteiger partial charge >= 0.3 is 12.1 Å². The van der Waals surface area contributed by atoms with Crippen molar-refractivity contribution in [1.82, 2.24) is 5.32 Å². The Morgan fingerprint density at radius 2 is 1.79 bits per heavy atom. The first-order chi connectivity index (χ1) is 8.67. The van der Waals surface area contributed by atoms with Gasteiger partial charge in [0.15, 0.2) is 0 Å². The zero-order valence-electron chi connectivity index (χ0n) is 12.7. The van der Waals surface area contributed by atoms with Crippen LogP contribution in [0, 0.1) is 5.41 Å². The van der Waals surface area contributed by atoms with Crippen molar-refractivity contribution in [2.75, 3.05) is 6.54 Å². The molecule has 0 aromatic rings. The standard InChI is InChI=1S/C14H27NO4/c1-6-8-9-14(7-2,11(16)17)10-15-12(18)19-13(3,4)5/h6-10H2,1-5H3,(H,15,18)(H,16,17). The second kappa shape index (κ2) is 7.36. The fourth-order valence-corrected chi connectivity index (χ4v) is 1.79. The van der Waals surface area contributed by atoms with Gasteiger partial charge in [-0.15, -0.1) is 0 Å². The van der Waals surface area contributed by atoms with Gasteiger partial charge in [-0.2, -0.15) is 0 Å². The lowest BCUT2D eigenvalue weighted by atomic mass is 9.80. The quantitative estimate of drug-likeness (QED) is 0.747. The molecular weight excluding hydrogens is 246 g/mol. The van der Waals surface area contributed by atoms with Gasteiger partial charge in [-0.25, -0.2) is 4.79 Å². The van der Waals surface area contributed by atoms with Gasteiger partial charge in [0.1, 0.15) is 5.60 Å². The molecule has 112 valence electrons. The summed E-state index contributed by atoms with van der Waals surface area (Å²) in [5.74, 6) is -0.862. The van der Waals surface area contributed by atoms with Crippen molar-refractivity contribution in [3.8, 4) is 0 Å². The molecule has 0 spiro atoms. The number of amides is 1. The number of hydrogen-bond acceptors (Lipinski definition) is 3. The molecule has 0 bridgehead atoms. The van der Waals surface area contributed by atoms with E-state index in [-0.39, 0.29) is 6.54 Å². The van der Waals surface area contributed by atoms with Gasteiger partial charge in [0.05, 0.1) is 5.41 Å². The highest BCUT2D eigenvalue weighted by Crippen LogP contribution is 2.28. The largest absolute Gasteiger partial charge is 0.481 e. The van der Waals surface area contributed by atoms with E-state index in [2.05, 4.69) is 5.32 Å². The minimum absolute atomic E-state index is 0.105. The van der Waals surface area contributed by atoms with Crippen molar-refractivity contribution < 1.29 is 19.4 Å². The van der Waals surface area contributed by atoms with Crippen LogP contribution in [0.3, 0.4) is 0 Å². The summed E-state index contributed by atoms with van der Waals surface area (Å²) in [7, 11) is 0. The Labute approximate surface area is 115 Å². The van der Waals surface area contributed by atoms with Crippen LogP contribution in [0.25, 0.3) is 0 Å².